The van der Waals surface area contributed by atoms with Crippen LogP contribution < -0.4 is 15.5 Å². The molecule has 6 nitrogen and oxygen atoms in total. The van der Waals surface area contributed by atoms with Gasteiger partial charge in [0.2, 0.25) is 0 Å². The molecule has 0 bridgehead atoms. The fraction of sp³-hybridized carbons (Fsp3) is 0.467. The van der Waals surface area contributed by atoms with Gasteiger partial charge in [0.15, 0.2) is 0 Å². The van der Waals surface area contributed by atoms with Crippen LogP contribution in [-0.4, -0.2) is 47.4 Å². The van der Waals surface area contributed by atoms with E-state index < -0.39 is 0 Å². The predicted molar refractivity (Wildman–Crippen MR) is 87.4 cm³/mol. The molecule has 22 heavy (non-hydrogen) atoms. The lowest BCUT2D eigenvalue weighted by molar-refractivity contribution is 0.184. The number of rotatable bonds is 5. The number of hydrogen-bond donors (Lipinski definition) is 3. The molecular weight excluding hydrogens is 302 g/mol. The van der Waals surface area contributed by atoms with E-state index in [9.17, 15) is 4.79 Å². The average Bonchev–Trinajstić information content (AvgIpc) is 2.59. The molecule has 0 aromatic heterocycles. The minimum atomic E-state index is -0.0157. The summed E-state index contributed by atoms with van der Waals surface area (Å²) in [5.74, 6) is 0.691. The monoisotopic (exact) mass is 323 g/mol. The first-order valence-electron chi connectivity index (χ1n) is 7.41. The van der Waals surface area contributed by atoms with Gasteiger partial charge in [0.1, 0.15) is 17.3 Å². The summed E-state index contributed by atoms with van der Waals surface area (Å²) in [6, 6.07) is 7.04. The molecule has 1 aliphatic rings. The summed E-state index contributed by atoms with van der Waals surface area (Å²) >= 11 is 4.91. The van der Waals surface area contributed by atoms with Gasteiger partial charge in [-0.2, -0.15) is 0 Å². The van der Waals surface area contributed by atoms with Crippen molar-refractivity contribution in [2.24, 2.45) is 0 Å². The highest BCUT2D eigenvalue weighted by Crippen LogP contribution is 2.12. The maximum Gasteiger partial charge on any atom is 0.317 e. The molecule has 2 rings (SSSR count). The number of ether oxygens (including phenoxy) is 1. The topological polar surface area (TPSA) is 73.8 Å². The average molecular weight is 323 g/mol. The van der Waals surface area contributed by atoms with E-state index in [-0.39, 0.29) is 11.0 Å². The Kier molecular flexibility index (Phi) is 6.42. The number of piperidine rings is 1. The van der Waals surface area contributed by atoms with E-state index in [2.05, 4.69) is 5.32 Å². The highest BCUT2D eigenvalue weighted by Gasteiger charge is 2.15. The van der Waals surface area contributed by atoms with Crippen molar-refractivity contribution in [3.05, 3.63) is 29.8 Å². The van der Waals surface area contributed by atoms with Crippen molar-refractivity contribution in [1.29, 1.82) is 0 Å². The molecule has 0 spiro atoms. The molecule has 0 atom stereocenters. The third kappa shape index (κ3) is 4.85. The minimum absolute atomic E-state index is 0.0157. The Labute approximate surface area is 135 Å². The second-order valence-electron chi connectivity index (χ2n) is 5.09. The number of carbonyl (C=O) groups excluding carboxylic acids is 1. The van der Waals surface area contributed by atoms with Crippen molar-refractivity contribution in [2.75, 3.05) is 26.2 Å². The van der Waals surface area contributed by atoms with Crippen LogP contribution in [0.3, 0.4) is 0 Å². The maximum absolute atomic E-state index is 11.9. The number of carbonyl (C=O) groups is 1. The van der Waals surface area contributed by atoms with Crippen molar-refractivity contribution < 1.29 is 14.7 Å². The number of amides is 2. The maximum atomic E-state index is 11.9. The van der Waals surface area contributed by atoms with Crippen LogP contribution in [0.15, 0.2) is 24.3 Å². The molecule has 1 aromatic carbocycles. The van der Waals surface area contributed by atoms with Gasteiger partial charge in [0.25, 0.3) is 0 Å². The first-order chi connectivity index (χ1) is 10.7. The first-order valence-corrected chi connectivity index (χ1v) is 7.81. The molecule has 120 valence electrons. The second kappa shape index (κ2) is 8.55. The van der Waals surface area contributed by atoms with Crippen molar-refractivity contribution in [3.63, 3.8) is 0 Å². The van der Waals surface area contributed by atoms with Crippen LogP contribution in [0.5, 0.6) is 5.75 Å². The number of urea groups is 1. The van der Waals surface area contributed by atoms with Crippen molar-refractivity contribution >= 4 is 23.2 Å². The van der Waals surface area contributed by atoms with Crippen molar-refractivity contribution in [1.82, 2.24) is 15.7 Å². The fourth-order valence-corrected chi connectivity index (χ4v) is 2.44. The number of nitrogens with zero attached hydrogens (tertiary/aromatic N) is 1. The van der Waals surface area contributed by atoms with Gasteiger partial charge >= 0.3 is 6.03 Å². The molecule has 2 amide bonds. The highest BCUT2D eigenvalue weighted by atomic mass is 32.1. The Morgan fingerprint density at radius 3 is 2.55 bits per heavy atom. The minimum Gasteiger partial charge on any atom is -0.492 e. The smallest absolute Gasteiger partial charge is 0.317 e. The number of hydroxylamine groups is 1. The number of likely N-dealkylation sites (tertiary alicyclic amines) is 1. The van der Waals surface area contributed by atoms with E-state index in [4.69, 9.17) is 22.2 Å². The Morgan fingerprint density at radius 2 is 1.91 bits per heavy atom. The van der Waals surface area contributed by atoms with E-state index in [0.717, 1.165) is 25.9 Å². The molecule has 1 aromatic rings. The molecule has 1 aliphatic heterocycles. The van der Waals surface area contributed by atoms with Crippen LogP contribution in [0, 0.1) is 0 Å². The Hall–Kier alpha value is -1.86. The summed E-state index contributed by atoms with van der Waals surface area (Å²) in [6.07, 6.45) is 3.37. The molecule has 1 saturated heterocycles. The summed E-state index contributed by atoms with van der Waals surface area (Å²) in [5.41, 5.74) is 2.65. The van der Waals surface area contributed by atoms with Crippen LogP contribution in [0.4, 0.5) is 4.79 Å². The molecule has 0 aliphatic carbocycles. The van der Waals surface area contributed by atoms with Gasteiger partial charge in [0, 0.05) is 18.7 Å². The highest BCUT2D eigenvalue weighted by molar-refractivity contribution is 7.80. The van der Waals surface area contributed by atoms with Crippen LogP contribution in [0.2, 0.25) is 0 Å². The van der Waals surface area contributed by atoms with Crippen LogP contribution in [-0.2, 0) is 0 Å². The van der Waals surface area contributed by atoms with Gasteiger partial charge in [-0.05, 0) is 43.5 Å². The lowest BCUT2D eigenvalue weighted by Crippen LogP contribution is -2.43. The van der Waals surface area contributed by atoms with Gasteiger partial charge in [-0.1, -0.05) is 12.2 Å². The summed E-state index contributed by atoms with van der Waals surface area (Å²) in [4.78, 5) is 14.0. The van der Waals surface area contributed by atoms with Gasteiger partial charge in [0.05, 0.1) is 6.54 Å². The Bertz CT molecular complexity index is 501. The zero-order chi connectivity index (χ0) is 15.8. The van der Waals surface area contributed by atoms with Crippen LogP contribution in [0.1, 0.15) is 24.8 Å². The lowest BCUT2D eigenvalue weighted by Gasteiger charge is -2.26. The predicted octanol–water partition coefficient (Wildman–Crippen LogP) is 1.92. The van der Waals surface area contributed by atoms with Gasteiger partial charge in [-0.15, -0.1) is 0 Å². The van der Waals surface area contributed by atoms with E-state index in [1.807, 2.05) is 10.4 Å². The molecule has 0 radical (unpaired) electrons. The molecule has 1 fully saturated rings. The van der Waals surface area contributed by atoms with Crippen molar-refractivity contribution in [2.45, 2.75) is 19.3 Å². The summed E-state index contributed by atoms with van der Waals surface area (Å²) in [6.45, 7) is 2.55. The van der Waals surface area contributed by atoms with Crippen molar-refractivity contribution in [3.8, 4) is 5.75 Å². The zero-order valence-electron chi connectivity index (χ0n) is 12.4. The molecule has 7 heteroatoms. The Morgan fingerprint density at radius 1 is 1.23 bits per heavy atom. The van der Waals surface area contributed by atoms with Gasteiger partial charge in [-0.25, -0.2) is 4.79 Å². The molecule has 0 unspecified atom stereocenters. The molecule has 0 saturated carbocycles. The normalized spacial score (nSPS) is 14.3. The van der Waals surface area contributed by atoms with Gasteiger partial charge < -0.3 is 15.0 Å². The van der Waals surface area contributed by atoms with Crippen LogP contribution in [0.25, 0.3) is 0 Å². The zero-order valence-corrected chi connectivity index (χ0v) is 13.2. The second-order valence-corrected chi connectivity index (χ2v) is 5.50. The standard InChI is InChI=1S/C15H21N3O3S/c19-15(18-9-2-1-3-10-18)16-8-11-21-13-6-4-12(5-7-13)14(22)17-20/h4-7,20H,1-3,8-11H2,(H,16,19)(H,17,22). The SMILES string of the molecule is O=C(NCCOc1ccc(C(=S)NO)cc1)N1CCCCC1. The molecule has 3 N–H and O–H groups in total. The number of benzene rings is 1. The summed E-state index contributed by atoms with van der Waals surface area (Å²) < 4.78 is 5.55. The van der Waals surface area contributed by atoms with Crippen LogP contribution >= 0.6 is 12.2 Å². The summed E-state index contributed by atoms with van der Waals surface area (Å²) in [5, 5.41) is 11.6. The fourth-order valence-electron chi connectivity index (χ4n) is 2.30. The largest absolute Gasteiger partial charge is 0.492 e. The summed E-state index contributed by atoms with van der Waals surface area (Å²) in [7, 11) is 0. The number of nitrogens with one attached hydrogen (secondary N) is 2. The first kappa shape index (κ1) is 16.5. The third-order valence-electron chi connectivity index (χ3n) is 3.51. The quantitative estimate of drug-likeness (QED) is 0.438. The van der Waals surface area contributed by atoms with E-state index >= 15 is 0 Å². The molecular formula is C15H21N3O3S. The van der Waals surface area contributed by atoms with Gasteiger partial charge in [-0.3, -0.25) is 10.7 Å². The molecule has 1 heterocycles. The number of hydrogen-bond acceptors (Lipinski definition) is 4. The van der Waals surface area contributed by atoms with E-state index in [0.29, 0.717) is 24.5 Å². The lowest BCUT2D eigenvalue weighted by atomic mass is 10.1. The Balaban J connectivity index is 1.67. The third-order valence-corrected chi connectivity index (χ3v) is 3.84. The number of thiocarbonyl (C=S) groups is 1. The van der Waals surface area contributed by atoms with E-state index in [1.165, 1.54) is 6.42 Å². The van der Waals surface area contributed by atoms with E-state index in [1.54, 1.807) is 24.3 Å².